The Morgan fingerprint density at radius 2 is 2.20 bits per heavy atom. The van der Waals surface area contributed by atoms with Crippen LogP contribution >= 0.6 is 0 Å². The van der Waals surface area contributed by atoms with E-state index in [1.165, 1.54) is 6.08 Å². The standard InChI is InChI=1S/C7H14N2O/c1-4-5-7(10)8-6-9(2)3/h4-5H,6H2,1-3H3,(H,8,10). The molecule has 1 amide bonds. The third-order valence-corrected chi connectivity index (χ3v) is 0.888. The van der Waals surface area contributed by atoms with Crippen molar-refractivity contribution in [3.63, 3.8) is 0 Å². The van der Waals surface area contributed by atoms with Crippen molar-refractivity contribution in [3.8, 4) is 0 Å². The average Bonchev–Trinajstić information content (AvgIpc) is 1.85. The van der Waals surface area contributed by atoms with Gasteiger partial charge in [0, 0.05) is 0 Å². The van der Waals surface area contributed by atoms with Gasteiger partial charge in [-0.2, -0.15) is 0 Å². The third-order valence-electron chi connectivity index (χ3n) is 0.888. The Bertz CT molecular complexity index is 130. The van der Waals surface area contributed by atoms with Crippen molar-refractivity contribution in [2.75, 3.05) is 20.8 Å². The minimum Gasteiger partial charge on any atom is -0.340 e. The van der Waals surface area contributed by atoms with Crippen LogP contribution in [0.15, 0.2) is 12.2 Å². The lowest BCUT2D eigenvalue weighted by atomic mass is 10.5. The Balaban J connectivity index is 3.40. The molecular formula is C7H14N2O. The summed E-state index contributed by atoms with van der Waals surface area (Å²) in [5, 5.41) is 2.68. The fourth-order valence-electron chi connectivity index (χ4n) is 0.446. The Kier molecular flexibility index (Phi) is 4.58. The molecular weight excluding hydrogens is 128 g/mol. The second-order valence-corrected chi connectivity index (χ2v) is 2.28. The Labute approximate surface area is 61.7 Å². The molecule has 0 aliphatic rings. The number of nitrogens with one attached hydrogen (secondary N) is 1. The zero-order chi connectivity index (χ0) is 7.98. The molecule has 0 saturated heterocycles. The summed E-state index contributed by atoms with van der Waals surface area (Å²) in [7, 11) is 3.80. The van der Waals surface area contributed by atoms with Crippen LogP contribution < -0.4 is 5.32 Å². The van der Waals surface area contributed by atoms with Gasteiger partial charge < -0.3 is 5.32 Å². The van der Waals surface area contributed by atoms with E-state index >= 15 is 0 Å². The van der Waals surface area contributed by atoms with E-state index in [9.17, 15) is 4.79 Å². The molecule has 0 aliphatic carbocycles. The maximum absolute atomic E-state index is 10.7. The summed E-state index contributed by atoms with van der Waals surface area (Å²) in [5.41, 5.74) is 0. The highest BCUT2D eigenvalue weighted by molar-refractivity contribution is 5.87. The first-order valence-corrected chi connectivity index (χ1v) is 3.22. The maximum Gasteiger partial charge on any atom is 0.244 e. The molecule has 0 aromatic heterocycles. The highest BCUT2D eigenvalue weighted by Crippen LogP contribution is 1.72. The lowest BCUT2D eigenvalue weighted by molar-refractivity contribution is -0.117. The van der Waals surface area contributed by atoms with Gasteiger partial charge in [-0.15, -0.1) is 0 Å². The van der Waals surface area contributed by atoms with Gasteiger partial charge in [-0.25, -0.2) is 0 Å². The molecule has 3 heteroatoms. The summed E-state index contributed by atoms with van der Waals surface area (Å²) in [6.45, 7) is 2.40. The molecule has 0 rings (SSSR count). The van der Waals surface area contributed by atoms with Crippen molar-refractivity contribution in [2.45, 2.75) is 6.92 Å². The van der Waals surface area contributed by atoms with E-state index in [1.54, 1.807) is 6.08 Å². The smallest absolute Gasteiger partial charge is 0.244 e. The number of rotatable bonds is 3. The largest absolute Gasteiger partial charge is 0.340 e. The third kappa shape index (κ3) is 5.31. The van der Waals surface area contributed by atoms with Gasteiger partial charge in [0.25, 0.3) is 0 Å². The van der Waals surface area contributed by atoms with Crippen molar-refractivity contribution >= 4 is 5.91 Å². The normalized spacial score (nSPS) is 10.8. The summed E-state index contributed by atoms with van der Waals surface area (Å²) < 4.78 is 0. The number of allylic oxidation sites excluding steroid dienone is 1. The quantitative estimate of drug-likeness (QED) is 0.451. The summed E-state index contributed by atoms with van der Waals surface area (Å²) in [6, 6.07) is 0. The SMILES string of the molecule is CC=CC(=O)NCN(C)C. The number of hydrogen-bond donors (Lipinski definition) is 1. The number of nitrogens with zero attached hydrogens (tertiary/aromatic N) is 1. The number of amides is 1. The molecule has 0 spiro atoms. The molecule has 58 valence electrons. The molecule has 1 N–H and O–H groups in total. The minimum atomic E-state index is -0.0452. The van der Waals surface area contributed by atoms with Crippen LogP contribution in [0.2, 0.25) is 0 Å². The summed E-state index contributed by atoms with van der Waals surface area (Å²) in [4.78, 5) is 12.6. The molecule has 0 aromatic carbocycles. The molecule has 10 heavy (non-hydrogen) atoms. The van der Waals surface area contributed by atoms with Crippen molar-refractivity contribution in [1.82, 2.24) is 10.2 Å². The second kappa shape index (κ2) is 4.99. The van der Waals surface area contributed by atoms with Gasteiger partial charge in [0.15, 0.2) is 0 Å². The van der Waals surface area contributed by atoms with Crippen LogP contribution in [0.5, 0.6) is 0 Å². The zero-order valence-corrected chi connectivity index (χ0v) is 6.72. The van der Waals surface area contributed by atoms with Gasteiger partial charge in [-0.1, -0.05) is 6.08 Å². The van der Waals surface area contributed by atoms with Gasteiger partial charge in [-0.05, 0) is 27.1 Å². The Morgan fingerprint density at radius 1 is 1.60 bits per heavy atom. The predicted octanol–water partition coefficient (Wildman–Crippen LogP) is 0.198. The van der Waals surface area contributed by atoms with E-state index in [1.807, 2.05) is 25.9 Å². The van der Waals surface area contributed by atoms with Crippen LogP contribution in [0.4, 0.5) is 0 Å². The minimum absolute atomic E-state index is 0.0452. The fraction of sp³-hybridized carbons (Fsp3) is 0.571. The fourth-order valence-corrected chi connectivity index (χ4v) is 0.446. The van der Waals surface area contributed by atoms with E-state index in [0.29, 0.717) is 6.67 Å². The first-order chi connectivity index (χ1) is 4.66. The molecule has 3 nitrogen and oxygen atoms in total. The van der Waals surface area contributed by atoms with Crippen molar-refractivity contribution in [2.24, 2.45) is 0 Å². The molecule has 0 heterocycles. The average molecular weight is 142 g/mol. The number of hydrogen-bond acceptors (Lipinski definition) is 2. The van der Waals surface area contributed by atoms with Crippen LogP contribution in [-0.4, -0.2) is 31.6 Å². The topological polar surface area (TPSA) is 32.3 Å². The van der Waals surface area contributed by atoms with Crippen LogP contribution in [-0.2, 0) is 4.79 Å². The molecule has 0 radical (unpaired) electrons. The van der Waals surface area contributed by atoms with Crippen LogP contribution in [0, 0.1) is 0 Å². The molecule has 0 aliphatic heterocycles. The van der Waals surface area contributed by atoms with E-state index in [-0.39, 0.29) is 5.91 Å². The number of carbonyl (C=O) groups excluding carboxylic acids is 1. The zero-order valence-electron chi connectivity index (χ0n) is 6.72. The maximum atomic E-state index is 10.7. The molecule has 0 atom stereocenters. The first kappa shape index (κ1) is 9.17. The van der Waals surface area contributed by atoms with Gasteiger partial charge in [0.1, 0.15) is 0 Å². The van der Waals surface area contributed by atoms with E-state index in [4.69, 9.17) is 0 Å². The molecule has 0 fully saturated rings. The van der Waals surface area contributed by atoms with E-state index in [2.05, 4.69) is 5.32 Å². The molecule has 0 unspecified atom stereocenters. The van der Waals surface area contributed by atoms with Crippen LogP contribution in [0.3, 0.4) is 0 Å². The highest BCUT2D eigenvalue weighted by atomic mass is 16.1. The second-order valence-electron chi connectivity index (χ2n) is 2.28. The Hall–Kier alpha value is -0.830. The summed E-state index contributed by atoms with van der Waals surface area (Å²) in [5.74, 6) is -0.0452. The van der Waals surface area contributed by atoms with Crippen molar-refractivity contribution < 1.29 is 4.79 Å². The van der Waals surface area contributed by atoms with Crippen LogP contribution in [0.25, 0.3) is 0 Å². The van der Waals surface area contributed by atoms with Gasteiger partial charge in [-0.3, -0.25) is 9.69 Å². The van der Waals surface area contributed by atoms with E-state index in [0.717, 1.165) is 0 Å². The molecule has 0 aromatic rings. The predicted molar refractivity (Wildman–Crippen MR) is 41.5 cm³/mol. The lowest BCUT2D eigenvalue weighted by Crippen LogP contribution is -2.31. The van der Waals surface area contributed by atoms with Crippen LogP contribution in [0.1, 0.15) is 6.92 Å². The van der Waals surface area contributed by atoms with E-state index < -0.39 is 0 Å². The highest BCUT2D eigenvalue weighted by Gasteiger charge is 1.92. The lowest BCUT2D eigenvalue weighted by Gasteiger charge is -2.08. The molecule has 0 saturated carbocycles. The summed E-state index contributed by atoms with van der Waals surface area (Å²) in [6.07, 6.45) is 3.22. The van der Waals surface area contributed by atoms with Gasteiger partial charge in [0.2, 0.25) is 5.91 Å². The van der Waals surface area contributed by atoms with Gasteiger partial charge >= 0.3 is 0 Å². The monoisotopic (exact) mass is 142 g/mol. The summed E-state index contributed by atoms with van der Waals surface area (Å²) >= 11 is 0. The molecule has 0 bridgehead atoms. The first-order valence-electron chi connectivity index (χ1n) is 3.22. The van der Waals surface area contributed by atoms with Gasteiger partial charge in [0.05, 0.1) is 6.67 Å². The van der Waals surface area contributed by atoms with Crippen molar-refractivity contribution in [3.05, 3.63) is 12.2 Å². The number of carbonyl (C=O) groups is 1. The Morgan fingerprint density at radius 3 is 2.60 bits per heavy atom. The van der Waals surface area contributed by atoms with Crippen molar-refractivity contribution in [1.29, 1.82) is 0 Å².